The molecule has 0 bridgehead atoms. The molecular formula is C26H25Cl2FN2O4. The van der Waals surface area contributed by atoms with E-state index < -0.39 is 47.2 Å². The molecule has 1 saturated carbocycles. The molecule has 0 unspecified atom stereocenters. The van der Waals surface area contributed by atoms with Crippen molar-refractivity contribution in [2.24, 2.45) is 17.8 Å². The van der Waals surface area contributed by atoms with Crippen molar-refractivity contribution in [2.45, 2.75) is 38.6 Å². The lowest BCUT2D eigenvalue weighted by atomic mass is 9.76. The number of hydrogen-bond donors (Lipinski definition) is 0. The number of ketones is 1. The third kappa shape index (κ3) is 4.84. The summed E-state index contributed by atoms with van der Waals surface area (Å²) in [5, 5.41) is 1.90. The Hall–Kier alpha value is -2.77. The highest BCUT2D eigenvalue weighted by atomic mass is 35.5. The van der Waals surface area contributed by atoms with Crippen LogP contribution in [0.15, 0.2) is 48.5 Å². The lowest BCUT2D eigenvalue weighted by Gasteiger charge is -2.36. The highest BCUT2D eigenvalue weighted by molar-refractivity contribution is 6.34. The van der Waals surface area contributed by atoms with Crippen LogP contribution in [0, 0.1) is 23.6 Å². The second-order valence-electron chi connectivity index (χ2n) is 9.11. The zero-order valence-electron chi connectivity index (χ0n) is 19.1. The van der Waals surface area contributed by atoms with Gasteiger partial charge < -0.3 is 0 Å². The van der Waals surface area contributed by atoms with E-state index in [0.717, 1.165) is 28.6 Å². The van der Waals surface area contributed by atoms with Gasteiger partial charge in [0.05, 0.1) is 22.4 Å². The Morgan fingerprint density at radius 3 is 2.37 bits per heavy atom. The maximum atomic E-state index is 13.9. The number of nitrogens with zero attached hydrogens (tertiary/aromatic N) is 2. The summed E-state index contributed by atoms with van der Waals surface area (Å²) in [7, 11) is 0. The standard InChI is InChI=1S/C26H25Cl2FN2O4/c1-15-6-11-18-20(14-15)26(35)31(24(18)33)30(25(34)19-4-2-3-5-21(19)28)22(12-13-27)23(32)16-7-9-17(29)10-8-16/h2-5,7-10,15,18,20,22H,6,11-14H2,1H3/t15-,18+,20+,22-/m1/s1. The number of fused-ring (bicyclic) bond motifs is 1. The molecule has 9 heteroatoms. The minimum atomic E-state index is -1.27. The molecule has 6 nitrogen and oxygen atoms in total. The Bertz CT molecular complexity index is 1160. The molecule has 2 aliphatic rings. The minimum Gasteiger partial charge on any atom is -0.292 e. The average Bonchev–Trinajstić information content (AvgIpc) is 3.08. The number of rotatable bonds is 7. The van der Waals surface area contributed by atoms with Crippen molar-refractivity contribution in [3.8, 4) is 0 Å². The molecule has 2 aromatic rings. The zero-order valence-corrected chi connectivity index (χ0v) is 20.6. The summed E-state index contributed by atoms with van der Waals surface area (Å²) in [6.45, 7) is 2.03. The van der Waals surface area contributed by atoms with Gasteiger partial charge >= 0.3 is 0 Å². The number of carbonyl (C=O) groups is 4. The predicted octanol–water partition coefficient (Wildman–Crippen LogP) is 5.14. The molecule has 2 fully saturated rings. The minimum absolute atomic E-state index is 0.0238. The molecule has 1 aliphatic carbocycles. The third-order valence-corrected chi connectivity index (χ3v) is 7.35. The summed E-state index contributed by atoms with van der Waals surface area (Å²) < 4.78 is 13.5. The number of amides is 3. The van der Waals surface area contributed by atoms with E-state index >= 15 is 0 Å². The van der Waals surface area contributed by atoms with Crippen LogP contribution in [0.5, 0.6) is 0 Å². The maximum Gasteiger partial charge on any atom is 0.275 e. The fourth-order valence-corrected chi connectivity index (χ4v) is 5.41. The number of alkyl halides is 1. The summed E-state index contributed by atoms with van der Waals surface area (Å²) in [6, 6.07) is 9.82. The Kier molecular flexibility index (Phi) is 7.57. The van der Waals surface area contributed by atoms with E-state index in [9.17, 15) is 23.6 Å². The van der Waals surface area contributed by atoms with Crippen LogP contribution >= 0.6 is 23.2 Å². The quantitative estimate of drug-likeness (QED) is 0.289. The number of hydrogen-bond acceptors (Lipinski definition) is 4. The Morgan fingerprint density at radius 1 is 1.06 bits per heavy atom. The highest BCUT2D eigenvalue weighted by Crippen LogP contribution is 2.42. The molecule has 184 valence electrons. The van der Waals surface area contributed by atoms with Crippen LogP contribution in [0.1, 0.15) is 53.3 Å². The highest BCUT2D eigenvalue weighted by Gasteiger charge is 2.54. The van der Waals surface area contributed by atoms with Crippen LogP contribution in [0.2, 0.25) is 5.02 Å². The smallest absolute Gasteiger partial charge is 0.275 e. The Morgan fingerprint density at radius 2 is 1.71 bits per heavy atom. The van der Waals surface area contributed by atoms with Gasteiger partial charge in [-0.05, 0) is 68.0 Å². The van der Waals surface area contributed by atoms with Gasteiger partial charge in [-0.25, -0.2) is 9.40 Å². The molecule has 4 rings (SSSR count). The van der Waals surface area contributed by atoms with Crippen LogP contribution in [0.25, 0.3) is 0 Å². The number of hydrazine groups is 1. The van der Waals surface area contributed by atoms with Gasteiger partial charge in [0.15, 0.2) is 5.78 Å². The molecule has 0 spiro atoms. The maximum absolute atomic E-state index is 13.9. The van der Waals surface area contributed by atoms with Crippen molar-refractivity contribution >= 4 is 46.7 Å². The number of benzene rings is 2. The lowest BCUT2D eigenvalue weighted by Crippen LogP contribution is -2.57. The van der Waals surface area contributed by atoms with E-state index in [1.807, 2.05) is 6.92 Å². The van der Waals surface area contributed by atoms with Gasteiger partial charge in [-0.1, -0.05) is 30.7 Å². The topological polar surface area (TPSA) is 74.8 Å². The van der Waals surface area contributed by atoms with Crippen molar-refractivity contribution < 1.29 is 23.6 Å². The van der Waals surface area contributed by atoms with Gasteiger partial charge in [0.1, 0.15) is 11.9 Å². The number of Topliss-reactive ketones (excluding diaryl/α,β-unsaturated/α-hetero) is 1. The normalized spacial score (nSPS) is 22.6. The SMILES string of the molecule is C[C@@H]1CC[C@@H]2C(=O)N(N(C(=O)c3ccccc3Cl)[C@H](CCCl)C(=O)c3ccc(F)cc3)C(=O)[C@H]2C1. The molecular weight excluding hydrogens is 494 g/mol. The van der Waals surface area contributed by atoms with E-state index in [2.05, 4.69) is 0 Å². The molecule has 0 aromatic heterocycles. The van der Waals surface area contributed by atoms with Gasteiger partial charge in [-0.3, -0.25) is 19.2 Å². The first-order valence-corrected chi connectivity index (χ1v) is 12.5. The van der Waals surface area contributed by atoms with E-state index in [4.69, 9.17) is 23.2 Å². The Labute approximate surface area is 212 Å². The number of imide groups is 1. The van der Waals surface area contributed by atoms with E-state index in [1.54, 1.807) is 12.1 Å². The lowest BCUT2D eigenvalue weighted by molar-refractivity contribution is -0.156. The molecule has 4 atom stereocenters. The fourth-order valence-electron chi connectivity index (χ4n) is 4.99. The molecule has 1 saturated heterocycles. The largest absolute Gasteiger partial charge is 0.292 e. The van der Waals surface area contributed by atoms with Gasteiger partial charge in [0.2, 0.25) is 0 Å². The van der Waals surface area contributed by atoms with Gasteiger partial charge in [0, 0.05) is 11.4 Å². The fraction of sp³-hybridized carbons (Fsp3) is 0.385. The van der Waals surface area contributed by atoms with E-state index in [0.29, 0.717) is 12.8 Å². The molecule has 0 radical (unpaired) electrons. The monoisotopic (exact) mass is 518 g/mol. The Balaban J connectivity index is 1.82. The van der Waals surface area contributed by atoms with Gasteiger partial charge in [-0.15, -0.1) is 11.6 Å². The second kappa shape index (κ2) is 10.5. The third-order valence-electron chi connectivity index (χ3n) is 6.80. The summed E-state index contributed by atoms with van der Waals surface area (Å²) in [5.41, 5.74) is 0.174. The number of carbonyl (C=O) groups excluding carboxylic acids is 4. The molecule has 1 aliphatic heterocycles. The molecule has 1 heterocycles. The first-order valence-electron chi connectivity index (χ1n) is 11.6. The van der Waals surface area contributed by atoms with Crippen molar-refractivity contribution in [1.82, 2.24) is 10.0 Å². The molecule has 0 N–H and O–H groups in total. The van der Waals surface area contributed by atoms with Crippen molar-refractivity contribution in [1.29, 1.82) is 0 Å². The van der Waals surface area contributed by atoms with Gasteiger partial charge in [-0.2, -0.15) is 5.01 Å². The summed E-state index contributed by atoms with van der Waals surface area (Å²) in [4.78, 5) is 54.5. The van der Waals surface area contributed by atoms with Crippen LogP contribution in [0.3, 0.4) is 0 Å². The number of halogens is 3. The van der Waals surface area contributed by atoms with Crippen molar-refractivity contribution in [2.75, 3.05) is 5.88 Å². The van der Waals surface area contributed by atoms with Crippen LogP contribution in [0.4, 0.5) is 4.39 Å². The summed E-state index contributed by atoms with van der Waals surface area (Å²) in [5.74, 6) is -3.70. The predicted molar refractivity (Wildman–Crippen MR) is 129 cm³/mol. The van der Waals surface area contributed by atoms with E-state index in [-0.39, 0.29) is 34.4 Å². The van der Waals surface area contributed by atoms with E-state index in [1.165, 1.54) is 24.3 Å². The molecule has 2 aromatic carbocycles. The molecule has 3 amide bonds. The van der Waals surface area contributed by atoms with Gasteiger partial charge in [0.25, 0.3) is 17.7 Å². The first kappa shape index (κ1) is 25.3. The van der Waals surface area contributed by atoms with Crippen molar-refractivity contribution in [3.63, 3.8) is 0 Å². The summed E-state index contributed by atoms with van der Waals surface area (Å²) in [6.07, 6.45) is 1.84. The first-order chi connectivity index (χ1) is 16.7. The van der Waals surface area contributed by atoms with Crippen LogP contribution in [-0.4, -0.2) is 45.4 Å². The van der Waals surface area contributed by atoms with Crippen molar-refractivity contribution in [3.05, 3.63) is 70.5 Å². The van der Waals surface area contributed by atoms with Crippen LogP contribution in [-0.2, 0) is 9.59 Å². The second-order valence-corrected chi connectivity index (χ2v) is 9.90. The average molecular weight is 519 g/mol. The summed E-state index contributed by atoms with van der Waals surface area (Å²) >= 11 is 12.3. The van der Waals surface area contributed by atoms with Crippen LogP contribution < -0.4 is 0 Å². The zero-order chi connectivity index (χ0) is 25.3. The molecule has 35 heavy (non-hydrogen) atoms.